The van der Waals surface area contributed by atoms with Crippen molar-refractivity contribution in [2.24, 2.45) is 35.1 Å². The predicted molar refractivity (Wildman–Crippen MR) is 236 cm³/mol. The Morgan fingerprint density at radius 1 is 0.456 bits per heavy atom. The van der Waals surface area contributed by atoms with Crippen LogP contribution in [0.25, 0.3) is 33.3 Å². The molecule has 278 valence electrons. The summed E-state index contributed by atoms with van der Waals surface area (Å²) < 4.78 is 0. The first kappa shape index (κ1) is 34.2. The van der Waals surface area contributed by atoms with Crippen LogP contribution in [0.2, 0.25) is 0 Å². The van der Waals surface area contributed by atoms with Gasteiger partial charge in [-0.25, -0.2) is 0 Å². The highest BCUT2D eigenvalue weighted by Gasteiger charge is 2.63. The fourth-order valence-electron chi connectivity index (χ4n) is 12.5. The highest BCUT2D eigenvalue weighted by atomic mass is 14.7. The van der Waals surface area contributed by atoms with Gasteiger partial charge in [0.05, 0.1) is 5.41 Å². The fraction of sp³-hybridized carbons (Fsp3) is 0.200. The van der Waals surface area contributed by atoms with Crippen molar-refractivity contribution in [3.63, 3.8) is 0 Å². The van der Waals surface area contributed by atoms with Crippen molar-refractivity contribution in [3.8, 4) is 11.1 Å². The van der Waals surface area contributed by atoms with Crippen LogP contribution in [-0.2, 0) is 10.8 Å². The van der Waals surface area contributed by atoms with Gasteiger partial charge in [0.15, 0.2) is 0 Å². The first-order chi connectivity index (χ1) is 28.0. The number of nitrogens with two attached hydrogens (primary N) is 2. The van der Waals surface area contributed by atoms with Crippen LogP contribution in [0, 0.1) is 23.7 Å². The third-order valence-electron chi connectivity index (χ3n) is 14.6. The van der Waals surface area contributed by atoms with E-state index in [-0.39, 0.29) is 5.41 Å². The molecule has 0 aliphatic heterocycles. The molecule has 7 aromatic carbocycles. The van der Waals surface area contributed by atoms with Gasteiger partial charge in [0.25, 0.3) is 0 Å². The van der Waals surface area contributed by atoms with E-state index >= 15 is 0 Å². The van der Waals surface area contributed by atoms with Crippen LogP contribution in [0.5, 0.6) is 0 Å². The van der Waals surface area contributed by atoms with E-state index in [0.717, 1.165) is 28.3 Å². The smallest absolute Gasteiger partial charge is 0.0707 e. The molecule has 4 saturated carbocycles. The van der Waals surface area contributed by atoms with Crippen molar-refractivity contribution >= 4 is 22.2 Å². The zero-order chi connectivity index (χ0) is 38.1. The number of allylic oxidation sites excluding steroid dienone is 2. The quantitative estimate of drug-likeness (QED) is 0.167. The van der Waals surface area contributed by atoms with Crippen molar-refractivity contribution in [1.82, 2.24) is 0 Å². The third kappa shape index (κ3) is 5.09. The molecule has 0 radical (unpaired) electrons. The number of hydrogen-bond donors (Lipinski definition) is 2. The summed E-state index contributed by atoms with van der Waals surface area (Å²) in [6.45, 7) is 0. The zero-order valence-electron chi connectivity index (χ0n) is 32.3. The average molecular weight is 737 g/mol. The van der Waals surface area contributed by atoms with Gasteiger partial charge in [0.2, 0.25) is 0 Å². The van der Waals surface area contributed by atoms with Crippen LogP contribution < -0.4 is 11.5 Å². The Labute approximate surface area is 336 Å². The van der Waals surface area contributed by atoms with E-state index in [1.807, 2.05) is 12.2 Å². The summed E-state index contributed by atoms with van der Waals surface area (Å²) in [6.07, 6.45) is 10.7. The number of fused-ring (bicyclic) bond motifs is 3. The Bertz CT molecular complexity index is 2630. The molecule has 0 heterocycles. The van der Waals surface area contributed by atoms with E-state index in [9.17, 15) is 0 Å². The van der Waals surface area contributed by atoms with Gasteiger partial charge in [0.1, 0.15) is 0 Å². The third-order valence-corrected chi connectivity index (χ3v) is 14.6. The lowest BCUT2D eigenvalue weighted by Crippen LogP contribution is -2.59. The van der Waals surface area contributed by atoms with Gasteiger partial charge >= 0.3 is 0 Å². The Kier molecular flexibility index (Phi) is 7.93. The monoisotopic (exact) mass is 736 g/mol. The highest BCUT2D eigenvalue weighted by Crippen LogP contribution is 2.70. The summed E-state index contributed by atoms with van der Waals surface area (Å²) in [5.41, 5.74) is 27.4. The van der Waals surface area contributed by atoms with Gasteiger partial charge in [-0.2, -0.15) is 0 Å². The molecule has 5 aliphatic rings. The normalized spacial score (nSPS) is 24.4. The summed E-state index contributed by atoms with van der Waals surface area (Å²) in [6, 6.07) is 63.2. The van der Waals surface area contributed by atoms with Gasteiger partial charge in [-0.1, -0.05) is 164 Å². The maximum absolute atomic E-state index is 6.72. The minimum Gasteiger partial charge on any atom is -0.398 e. The second kappa shape index (κ2) is 13.2. The number of benzene rings is 7. The van der Waals surface area contributed by atoms with Crippen molar-refractivity contribution in [3.05, 3.63) is 227 Å². The highest BCUT2D eigenvalue weighted by molar-refractivity contribution is 5.93. The van der Waals surface area contributed by atoms with E-state index in [4.69, 9.17) is 11.5 Å². The Balaban J connectivity index is 1.06. The lowest BCUT2D eigenvalue weighted by Gasteiger charge is -2.65. The molecule has 12 rings (SSSR count). The first-order valence-electron chi connectivity index (χ1n) is 20.9. The molecule has 7 aromatic rings. The molecule has 4 bridgehead atoms. The molecule has 0 saturated heterocycles. The van der Waals surface area contributed by atoms with Crippen LogP contribution in [0.15, 0.2) is 182 Å². The molecule has 0 amide bonds. The predicted octanol–water partition coefficient (Wildman–Crippen LogP) is 12.2. The second-order valence-corrected chi connectivity index (χ2v) is 17.3. The molecule has 4 N–H and O–H groups in total. The Hall–Kier alpha value is -6.12. The summed E-state index contributed by atoms with van der Waals surface area (Å²) in [5.74, 6) is 3.10. The standard InChI is InChI=1S/C55H48N2/c56-52(28-29-53(57)47-19-11-13-39-12-7-8-18-46(39)47)40-24-22-38(23-25-40)41-26-27-50-51(35-41)54(42-14-3-1-4-15-42,43-16-5-2-6-17-43)48-20-9-10-21-49(48)55(50)44-31-36-30-37(33-44)34-45(55)32-36/h1-29,35-37,44-45H,30-34,56-57H2/b52-28-,53-29-. The maximum Gasteiger partial charge on any atom is 0.0707 e. The molecule has 0 atom stereocenters. The Morgan fingerprint density at radius 3 is 1.68 bits per heavy atom. The van der Waals surface area contributed by atoms with Gasteiger partial charge in [-0.3, -0.25) is 0 Å². The van der Waals surface area contributed by atoms with Crippen LogP contribution in [0.1, 0.15) is 76.6 Å². The van der Waals surface area contributed by atoms with Gasteiger partial charge in [0, 0.05) is 22.4 Å². The van der Waals surface area contributed by atoms with E-state index in [0.29, 0.717) is 23.2 Å². The summed E-state index contributed by atoms with van der Waals surface area (Å²) >= 11 is 0. The minimum atomic E-state index is -0.464. The molecule has 2 nitrogen and oxygen atoms in total. The molecule has 2 heteroatoms. The molecule has 5 aliphatic carbocycles. The topological polar surface area (TPSA) is 52.0 Å². The van der Waals surface area contributed by atoms with Gasteiger partial charge < -0.3 is 11.5 Å². The fourth-order valence-corrected chi connectivity index (χ4v) is 12.5. The molecule has 4 fully saturated rings. The lowest BCUT2D eigenvalue weighted by atomic mass is 9.38. The summed E-state index contributed by atoms with van der Waals surface area (Å²) in [5, 5.41) is 2.31. The minimum absolute atomic E-state index is 0.0233. The molecular weight excluding hydrogens is 689 g/mol. The van der Waals surface area contributed by atoms with E-state index < -0.39 is 5.41 Å². The molecular formula is C55H48N2. The van der Waals surface area contributed by atoms with E-state index in [1.54, 1.807) is 11.1 Å². The van der Waals surface area contributed by atoms with Crippen molar-refractivity contribution in [1.29, 1.82) is 0 Å². The number of hydrogen-bond acceptors (Lipinski definition) is 2. The number of rotatable bonds is 6. The van der Waals surface area contributed by atoms with Gasteiger partial charge in [-0.15, -0.1) is 0 Å². The SMILES string of the molecule is N/C(=C\C=C(/N)c1cccc2ccccc12)c1ccc(-c2ccc3c(c2)C(c2ccccc2)(c2ccccc2)c2ccccc2C32C3CC4CC(C3)CC2C4)cc1. The summed E-state index contributed by atoms with van der Waals surface area (Å²) in [7, 11) is 0. The largest absolute Gasteiger partial charge is 0.398 e. The summed E-state index contributed by atoms with van der Waals surface area (Å²) in [4.78, 5) is 0. The Morgan fingerprint density at radius 2 is 1.00 bits per heavy atom. The molecule has 0 unspecified atom stereocenters. The zero-order valence-corrected chi connectivity index (χ0v) is 32.3. The maximum atomic E-state index is 6.72. The van der Waals surface area contributed by atoms with Gasteiger partial charge in [-0.05, 0) is 135 Å². The van der Waals surface area contributed by atoms with Crippen LogP contribution >= 0.6 is 0 Å². The first-order valence-corrected chi connectivity index (χ1v) is 20.9. The molecule has 57 heavy (non-hydrogen) atoms. The lowest BCUT2D eigenvalue weighted by molar-refractivity contribution is -0.0440. The van der Waals surface area contributed by atoms with Crippen LogP contribution in [0.4, 0.5) is 0 Å². The van der Waals surface area contributed by atoms with Crippen LogP contribution in [0.3, 0.4) is 0 Å². The van der Waals surface area contributed by atoms with Crippen molar-refractivity contribution in [2.45, 2.75) is 42.9 Å². The average Bonchev–Trinajstić information content (AvgIpc) is 3.27. The van der Waals surface area contributed by atoms with E-state index in [2.05, 4.69) is 170 Å². The second-order valence-electron chi connectivity index (χ2n) is 17.3. The molecule has 0 aromatic heterocycles. The van der Waals surface area contributed by atoms with E-state index in [1.165, 1.54) is 70.9 Å². The van der Waals surface area contributed by atoms with Crippen LogP contribution in [-0.4, -0.2) is 0 Å². The van der Waals surface area contributed by atoms with Crippen molar-refractivity contribution in [2.75, 3.05) is 0 Å². The van der Waals surface area contributed by atoms with Crippen molar-refractivity contribution < 1.29 is 0 Å². The molecule has 1 spiro atoms.